The Kier molecular flexibility index (Phi) is 4.58. The molecule has 2 aromatic rings. The number of aromatic hydroxyl groups is 1. The highest BCUT2D eigenvalue weighted by Gasteiger charge is 2.16. The van der Waals surface area contributed by atoms with Crippen molar-refractivity contribution < 1.29 is 23.1 Å². The fraction of sp³-hybridized carbons (Fsp3) is 0.0714. The van der Waals surface area contributed by atoms with Gasteiger partial charge in [0.2, 0.25) is 0 Å². The van der Waals surface area contributed by atoms with Gasteiger partial charge in [0.05, 0.1) is 17.7 Å². The van der Waals surface area contributed by atoms with Gasteiger partial charge in [-0.3, -0.25) is 4.72 Å². The molecule has 0 heterocycles. The monoisotopic (exact) mass is 341 g/mol. The van der Waals surface area contributed by atoms with Crippen LogP contribution in [0, 0.1) is 0 Å². The largest absolute Gasteiger partial charge is 0.507 e. The van der Waals surface area contributed by atoms with Gasteiger partial charge in [0.15, 0.2) is 0 Å². The molecule has 0 radical (unpaired) electrons. The second-order valence-corrected chi connectivity index (χ2v) is 6.40. The van der Waals surface area contributed by atoms with Gasteiger partial charge < -0.3 is 9.84 Å². The average Bonchev–Trinajstić information content (AvgIpc) is 2.46. The molecule has 0 fully saturated rings. The van der Waals surface area contributed by atoms with Crippen LogP contribution >= 0.6 is 11.6 Å². The predicted molar refractivity (Wildman–Crippen MR) is 81.7 cm³/mol. The summed E-state index contributed by atoms with van der Waals surface area (Å²) in [6, 6.07) is 9.35. The van der Waals surface area contributed by atoms with E-state index in [0.29, 0.717) is 5.02 Å². The van der Waals surface area contributed by atoms with Crippen LogP contribution in [0.5, 0.6) is 5.75 Å². The Morgan fingerprint density at radius 3 is 2.36 bits per heavy atom. The molecule has 8 heteroatoms. The molecule has 0 aliphatic carbocycles. The maximum Gasteiger partial charge on any atom is 0.341 e. The fourth-order valence-corrected chi connectivity index (χ4v) is 2.88. The van der Waals surface area contributed by atoms with Gasteiger partial charge in [-0.15, -0.1) is 0 Å². The van der Waals surface area contributed by atoms with Gasteiger partial charge in [0, 0.05) is 11.1 Å². The molecule has 116 valence electrons. The van der Waals surface area contributed by atoms with Crippen LogP contribution in [0.15, 0.2) is 47.4 Å². The van der Waals surface area contributed by atoms with E-state index in [4.69, 9.17) is 11.6 Å². The molecule has 22 heavy (non-hydrogen) atoms. The van der Waals surface area contributed by atoms with Crippen LogP contribution in [0.3, 0.4) is 0 Å². The molecular weight excluding hydrogens is 330 g/mol. The quantitative estimate of drug-likeness (QED) is 0.834. The van der Waals surface area contributed by atoms with Gasteiger partial charge in [-0.1, -0.05) is 11.6 Å². The number of hydrogen-bond donors (Lipinski definition) is 2. The zero-order chi connectivity index (χ0) is 16.3. The molecular formula is C14H12ClNO5S. The number of esters is 1. The summed E-state index contributed by atoms with van der Waals surface area (Å²) in [6.07, 6.45) is 0. The maximum absolute atomic E-state index is 12.2. The van der Waals surface area contributed by atoms with Gasteiger partial charge in [-0.2, -0.15) is 0 Å². The minimum Gasteiger partial charge on any atom is -0.507 e. The van der Waals surface area contributed by atoms with E-state index in [-0.39, 0.29) is 21.9 Å². The van der Waals surface area contributed by atoms with Gasteiger partial charge in [-0.25, -0.2) is 13.2 Å². The summed E-state index contributed by atoms with van der Waals surface area (Å²) in [5.74, 6) is -1.10. The second kappa shape index (κ2) is 6.25. The van der Waals surface area contributed by atoms with Crippen molar-refractivity contribution in [1.29, 1.82) is 0 Å². The molecule has 2 rings (SSSR count). The SMILES string of the molecule is COC(=O)c1ccc(NS(=O)(=O)c2ccc(Cl)cc2)cc1O. The molecule has 2 N–H and O–H groups in total. The van der Waals surface area contributed by atoms with Crippen LogP contribution in [0.4, 0.5) is 5.69 Å². The molecule has 0 atom stereocenters. The third-order valence-electron chi connectivity index (χ3n) is 2.78. The number of sulfonamides is 1. The first kappa shape index (κ1) is 16.1. The first-order valence-electron chi connectivity index (χ1n) is 6.03. The third kappa shape index (κ3) is 3.49. The smallest absolute Gasteiger partial charge is 0.341 e. The number of nitrogens with one attached hydrogen (secondary N) is 1. The lowest BCUT2D eigenvalue weighted by molar-refractivity contribution is 0.0597. The van der Waals surface area contributed by atoms with E-state index in [1.807, 2.05) is 0 Å². The second-order valence-electron chi connectivity index (χ2n) is 4.28. The lowest BCUT2D eigenvalue weighted by Crippen LogP contribution is -2.13. The van der Waals surface area contributed by atoms with Crippen molar-refractivity contribution in [3.63, 3.8) is 0 Å². The Morgan fingerprint density at radius 2 is 1.82 bits per heavy atom. The summed E-state index contributed by atoms with van der Waals surface area (Å²) < 4.78 is 31.1. The van der Waals surface area contributed by atoms with Crippen molar-refractivity contribution >= 4 is 33.3 Å². The molecule has 0 unspecified atom stereocenters. The summed E-state index contributed by atoms with van der Waals surface area (Å²) in [5, 5.41) is 10.2. The number of methoxy groups -OCH3 is 1. The third-order valence-corrected chi connectivity index (χ3v) is 4.43. The van der Waals surface area contributed by atoms with Crippen molar-refractivity contribution in [2.24, 2.45) is 0 Å². The Hall–Kier alpha value is -2.25. The van der Waals surface area contributed by atoms with E-state index in [1.54, 1.807) is 0 Å². The topological polar surface area (TPSA) is 92.7 Å². The number of halogens is 1. The minimum absolute atomic E-state index is 0.0217. The molecule has 0 aliphatic rings. The summed E-state index contributed by atoms with van der Waals surface area (Å²) in [4.78, 5) is 11.4. The zero-order valence-corrected chi connectivity index (χ0v) is 13.0. The lowest BCUT2D eigenvalue weighted by atomic mass is 10.2. The van der Waals surface area contributed by atoms with Crippen molar-refractivity contribution in [2.45, 2.75) is 4.90 Å². The zero-order valence-electron chi connectivity index (χ0n) is 11.4. The number of carbonyl (C=O) groups excluding carboxylic acids is 1. The van der Waals surface area contributed by atoms with Crippen LogP contribution in [-0.4, -0.2) is 26.6 Å². The molecule has 0 amide bonds. The van der Waals surface area contributed by atoms with Crippen LogP contribution < -0.4 is 4.72 Å². The Bertz CT molecular complexity index is 802. The van der Waals surface area contributed by atoms with Crippen LogP contribution in [0.2, 0.25) is 5.02 Å². The molecule has 6 nitrogen and oxygen atoms in total. The highest BCUT2D eigenvalue weighted by Crippen LogP contribution is 2.25. The van der Waals surface area contributed by atoms with Crippen molar-refractivity contribution in [2.75, 3.05) is 11.8 Å². The van der Waals surface area contributed by atoms with Gasteiger partial charge >= 0.3 is 5.97 Å². The van der Waals surface area contributed by atoms with E-state index in [0.717, 1.165) is 6.07 Å². The van der Waals surface area contributed by atoms with Gasteiger partial charge in [-0.05, 0) is 36.4 Å². The first-order chi connectivity index (χ1) is 10.3. The van der Waals surface area contributed by atoms with Crippen LogP contribution in [0.25, 0.3) is 0 Å². The molecule has 0 bridgehead atoms. The Labute approximate surface area is 132 Å². The van der Waals surface area contributed by atoms with Crippen LogP contribution in [-0.2, 0) is 14.8 Å². The minimum atomic E-state index is -3.82. The maximum atomic E-state index is 12.2. The molecule has 0 saturated carbocycles. The fourth-order valence-electron chi connectivity index (χ4n) is 1.71. The summed E-state index contributed by atoms with van der Waals surface area (Å²) in [6.45, 7) is 0. The number of anilines is 1. The van der Waals surface area contributed by atoms with Gasteiger partial charge in [0.1, 0.15) is 11.3 Å². The summed E-state index contributed by atoms with van der Waals surface area (Å²) >= 11 is 5.71. The molecule has 0 aromatic heterocycles. The van der Waals surface area contributed by atoms with E-state index >= 15 is 0 Å². The number of rotatable bonds is 4. The number of carbonyl (C=O) groups is 1. The van der Waals surface area contributed by atoms with Crippen LogP contribution in [0.1, 0.15) is 10.4 Å². The van der Waals surface area contributed by atoms with Crippen molar-refractivity contribution in [1.82, 2.24) is 0 Å². The molecule has 2 aromatic carbocycles. The van der Waals surface area contributed by atoms with Crippen molar-refractivity contribution in [3.8, 4) is 5.75 Å². The molecule has 0 spiro atoms. The van der Waals surface area contributed by atoms with E-state index < -0.39 is 16.0 Å². The first-order valence-corrected chi connectivity index (χ1v) is 7.89. The van der Waals surface area contributed by atoms with E-state index in [9.17, 15) is 18.3 Å². The molecule has 0 aliphatic heterocycles. The summed E-state index contributed by atoms with van der Waals surface area (Å²) in [5.41, 5.74) is 0.0528. The number of phenolic OH excluding ortho intramolecular Hbond substituents is 1. The standard InChI is InChI=1S/C14H12ClNO5S/c1-21-14(18)12-7-4-10(8-13(12)17)16-22(19,20)11-5-2-9(15)3-6-11/h2-8,16-17H,1H3. The molecule has 0 saturated heterocycles. The normalized spacial score (nSPS) is 11.0. The average molecular weight is 342 g/mol. The lowest BCUT2D eigenvalue weighted by Gasteiger charge is -2.10. The predicted octanol–water partition coefficient (Wildman–Crippen LogP) is 2.63. The number of hydrogen-bond acceptors (Lipinski definition) is 5. The van der Waals surface area contributed by atoms with E-state index in [1.165, 1.54) is 43.5 Å². The van der Waals surface area contributed by atoms with Gasteiger partial charge in [0.25, 0.3) is 10.0 Å². The van der Waals surface area contributed by atoms with E-state index in [2.05, 4.69) is 9.46 Å². The Morgan fingerprint density at radius 1 is 1.18 bits per heavy atom. The number of ether oxygens (including phenoxy) is 1. The number of benzene rings is 2. The van der Waals surface area contributed by atoms with Crippen molar-refractivity contribution in [3.05, 3.63) is 53.1 Å². The highest BCUT2D eigenvalue weighted by molar-refractivity contribution is 7.92. The highest BCUT2D eigenvalue weighted by atomic mass is 35.5. The summed E-state index contributed by atoms with van der Waals surface area (Å²) in [7, 11) is -2.64. The Balaban J connectivity index is 2.28. The number of phenols is 1.